The lowest BCUT2D eigenvalue weighted by atomic mass is 10.2. The number of ether oxygens (including phenoxy) is 1. The molecule has 1 aliphatic heterocycles. The summed E-state index contributed by atoms with van der Waals surface area (Å²) in [4.78, 5) is 19.9. The van der Waals surface area contributed by atoms with Crippen molar-refractivity contribution in [3.8, 4) is 5.88 Å². The number of hydrogen-bond acceptors (Lipinski definition) is 6. The number of carbonyl (C=O) groups is 1. The van der Waals surface area contributed by atoms with Gasteiger partial charge in [0.05, 0.1) is 23.3 Å². The minimum Gasteiger partial charge on any atom is -0.468 e. The summed E-state index contributed by atoms with van der Waals surface area (Å²) in [5.41, 5.74) is 0.709. The summed E-state index contributed by atoms with van der Waals surface area (Å²) in [7, 11) is -3.64. The lowest BCUT2D eigenvalue weighted by Gasteiger charge is -2.09. The molecule has 1 aliphatic rings. The van der Waals surface area contributed by atoms with E-state index in [4.69, 9.17) is 0 Å². The molecule has 29 heavy (non-hydrogen) atoms. The molecular formula is C17H15F3N4O4S. The van der Waals surface area contributed by atoms with Crippen LogP contribution in [0, 0.1) is 0 Å². The predicted molar refractivity (Wildman–Crippen MR) is 97.2 cm³/mol. The molecule has 2 N–H and O–H groups in total. The maximum Gasteiger partial charge on any atom is 0.422 e. The number of amides is 1. The van der Waals surface area contributed by atoms with Crippen molar-refractivity contribution < 1.29 is 31.1 Å². The molecule has 1 amide bonds. The van der Waals surface area contributed by atoms with Gasteiger partial charge >= 0.3 is 6.18 Å². The summed E-state index contributed by atoms with van der Waals surface area (Å²) in [6.45, 7) is -1.43. The van der Waals surface area contributed by atoms with Crippen LogP contribution in [0.5, 0.6) is 5.88 Å². The molecule has 1 aromatic heterocycles. The molecule has 0 saturated heterocycles. The van der Waals surface area contributed by atoms with Crippen LogP contribution in [0.3, 0.4) is 0 Å². The summed E-state index contributed by atoms with van der Waals surface area (Å²) in [6.07, 6.45) is -3.35. The molecule has 0 unspecified atom stereocenters. The highest BCUT2D eigenvalue weighted by Crippen LogP contribution is 2.22. The van der Waals surface area contributed by atoms with Gasteiger partial charge in [0.2, 0.25) is 11.8 Å². The first-order valence-electron chi connectivity index (χ1n) is 8.26. The first-order chi connectivity index (χ1) is 13.6. The van der Waals surface area contributed by atoms with Gasteiger partial charge < -0.3 is 10.1 Å². The van der Waals surface area contributed by atoms with Crippen molar-refractivity contribution in [1.29, 1.82) is 0 Å². The van der Waals surface area contributed by atoms with E-state index >= 15 is 0 Å². The average molecular weight is 428 g/mol. The Morgan fingerprint density at radius 1 is 1.21 bits per heavy atom. The summed E-state index contributed by atoms with van der Waals surface area (Å²) >= 11 is 0. The van der Waals surface area contributed by atoms with Crippen LogP contribution in [0.4, 0.5) is 18.9 Å². The van der Waals surface area contributed by atoms with Crippen LogP contribution >= 0.6 is 0 Å². The zero-order chi connectivity index (χ0) is 21.1. The van der Waals surface area contributed by atoms with Gasteiger partial charge in [0, 0.05) is 18.1 Å². The number of pyridine rings is 1. The molecule has 0 aliphatic carbocycles. The molecule has 0 bridgehead atoms. The number of aromatic nitrogens is 1. The Morgan fingerprint density at radius 2 is 1.97 bits per heavy atom. The van der Waals surface area contributed by atoms with Gasteiger partial charge in [0.25, 0.3) is 10.0 Å². The van der Waals surface area contributed by atoms with Crippen molar-refractivity contribution in [3.05, 3.63) is 48.2 Å². The monoisotopic (exact) mass is 428 g/mol. The molecule has 0 radical (unpaired) electrons. The number of rotatable bonds is 6. The molecule has 1 aromatic carbocycles. The van der Waals surface area contributed by atoms with E-state index in [1.807, 2.05) is 0 Å². The van der Waals surface area contributed by atoms with Gasteiger partial charge in [-0.15, -0.1) is 0 Å². The van der Waals surface area contributed by atoms with Gasteiger partial charge in [-0.2, -0.15) is 13.2 Å². The topological polar surface area (TPSA) is 110 Å². The Labute approximate surface area is 163 Å². The van der Waals surface area contributed by atoms with E-state index in [1.165, 1.54) is 18.2 Å². The van der Waals surface area contributed by atoms with Crippen molar-refractivity contribution in [3.63, 3.8) is 0 Å². The highest BCUT2D eigenvalue weighted by molar-refractivity contribution is 7.90. The number of amidine groups is 1. The minimum absolute atomic E-state index is 0.0260. The lowest BCUT2D eigenvalue weighted by Crippen LogP contribution is -2.23. The van der Waals surface area contributed by atoms with Crippen molar-refractivity contribution >= 4 is 27.5 Å². The number of anilines is 1. The van der Waals surface area contributed by atoms with Gasteiger partial charge in [-0.25, -0.2) is 13.4 Å². The van der Waals surface area contributed by atoms with E-state index < -0.39 is 28.7 Å². The number of nitrogens with zero attached hydrogens (tertiary/aromatic N) is 2. The van der Waals surface area contributed by atoms with Gasteiger partial charge in [-0.1, -0.05) is 12.1 Å². The number of benzene rings is 1. The summed E-state index contributed by atoms with van der Waals surface area (Å²) in [6, 6.07) is 8.90. The van der Waals surface area contributed by atoms with Crippen LogP contribution in [0.25, 0.3) is 0 Å². The molecule has 0 atom stereocenters. The largest absolute Gasteiger partial charge is 0.468 e. The highest BCUT2D eigenvalue weighted by atomic mass is 32.2. The second-order valence-electron chi connectivity index (χ2n) is 5.92. The van der Waals surface area contributed by atoms with Gasteiger partial charge in [0.15, 0.2) is 6.61 Å². The standard InChI is InChI=1S/C17H15F3N4O4S/c18-17(19,20)10-28-15-6-5-11(9-22-15)23-14(25)7-8-21-16-12-3-1-2-4-13(12)29(26,27)24-16/h1-6,9H,7-8,10H2,(H,21,24)(H,23,25). The van der Waals surface area contributed by atoms with Crippen LogP contribution in [0.2, 0.25) is 0 Å². The molecule has 0 saturated carbocycles. The molecular weight excluding hydrogens is 413 g/mol. The number of nitrogens with one attached hydrogen (secondary N) is 2. The molecule has 0 spiro atoms. The second kappa shape index (κ2) is 8.07. The van der Waals surface area contributed by atoms with E-state index in [0.717, 1.165) is 6.20 Å². The third kappa shape index (κ3) is 5.44. The van der Waals surface area contributed by atoms with Crippen LogP contribution in [0.15, 0.2) is 52.5 Å². The summed E-state index contributed by atoms with van der Waals surface area (Å²) in [5.74, 6) is -0.477. The molecule has 0 fully saturated rings. The van der Waals surface area contributed by atoms with Crippen LogP contribution < -0.4 is 14.8 Å². The Hall–Kier alpha value is -3.15. The number of alkyl halides is 3. The van der Waals surface area contributed by atoms with Crippen LogP contribution in [-0.2, 0) is 14.8 Å². The third-order valence-corrected chi connectivity index (χ3v) is 5.07. The molecule has 8 nitrogen and oxygen atoms in total. The Bertz CT molecular complexity index is 1040. The number of carbonyl (C=O) groups excluding carboxylic acids is 1. The summed E-state index contributed by atoms with van der Waals surface area (Å²) in [5, 5.41) is 2.52. The summed E-state index contributed by atoms with van der Waals surface area (Å²) < 4.78 is 67.0. The lowest BCUT2D eigenvalue weighted by molar-refractivity contribution is -0.154. The number of fused-ring (bicyclic) bond motifs is 1. The van der Waals surface area contributed by atoms with Crippen molar-refractivity contribution in [2.24, 2.45) is 4.99 Å². The van der Waals surface area contributed by atoms with Gasteiger partial charge in [0.1, 0.15) is 5.84 Å². The molecule has 3 rings (SSSR count). The molecule has 12 heteroatoms. The van der Waals surface area contributed by atoms with Crippen molar-refractivity contribution in [2.75, 3.05) is 18.5 Å². The Morgan fingerprint density at radius 3 is 2.66 bits per heavy atom. The van der Waals surface area contributed by atoms with Gasteiger partial charge in [-0.3, -0.25) is 14.5 Å². The maximum atomic E-state index is 12.1. The van der Waals surface area contributed by atoms with Crippen LogP contribution in [-0.4, -0.2) is 44.5 Å². The molecule has 2 heterocycles. The number of halogens is 3. The SMILES string of the molecule is O=C(CCN=C1NS(=O)(=O)c2ccccc21)Nc1ccc(OCC(F)(F)F)nc1. The van der Waals surface area contributed by atoms with Crippen LogP contribution in [0.1, 0.15) is 12.0 Å². The van der Waals surface area contributed by atoms with E-state index in [0.29, 0.717) is 5.56 Å². The smallest absolute Gasteiger partial charge is 0.422 e. The Balaban J connectivity index is 1.53. The quantitative estimate of drug-likeness (QED) is 0.732. The normalized spacial score (nSPS) is 16.2. The van der Waals surface area contributed by atoms with E-state index in [9.17, 15) is 26.4 Å². The van der Waals surface area contributed by atoms with Crippen molar-refractivity contribution in [2.45, 2.75) is 17.5 Å². The fourth-order valence-electron chi connectivity index (χ4n) is 2.44. The van der Waals surface area contributed by atoms with E-state index in [-0.39, 0.29) is 35.3 Å². The fourth-order valence-corrected chi connectivity index (χ4v) is 3.69. The molecule has 2 aromatic rings. The first-order valence-corrected chi connectivity index (χ1v) is 9.74. The number of aliphatic imine (C=N–C) groups is 1. The maximum absolute atomic E-state index is 12.1. The third-order valence-electron chi connectivity index (χ3n) is 3.68. The fraction of sp³-hybridized carbons (Fsp3) is 0.235. The Kier molecular flexibility index (Phi) is 5.73. The van der Waals surface area contributed by atoms with E-state index in [2.05, 4.69) is 24.8 Å². The average Bonchev–Trinajstić information content (AvgIpc) is 2.91. The predicted octanol–water partition coefficient (Wildman–Crippen LogP) is 2.09. The first kappa shape index (κ1) is 20.6. The zero-order valence-corrected chi connectivity index (χ0v) is 15.5. The number of sulfonamides is 1. The highest BCUT2D eigenvalue weighted by Gasteiger charge is 2.30. The van der Waals surface area contributed by atoms with E-state index in [1.54, 1.807) is 18.2 Å². The molecule has 154 valence electrons. The minimum atomic E-state index is -4.47. The number of hydrogen-bond donors (Lipinski definition) is 2. The van der Waals surface area contributed by atoms with Crippen molar-refractivity contribution in [1.82, 2.24) is 9.71 Å². The van der Waals surface area contributed by atoms with Gasteiger partial charge in [-0.05, 0) is 18.2 Å². The second-order valence-corrected chi connectivity index (χ2v) is 7.57. The zero-order valence-electron chi connectivity index (χ0n) is 14.7.